The van der Waals surface area contributed by atoms with E-state index in [9.17, 15) is 34.0 Å². The standard InChI is InChI=1S/C22H20F3N5O5/c1-9-8-27-19(26)17-16(29-21(30(9)17)22(33,34)35)12-5-6-13(15(25)14(12)24)28-20(32)18(31)10-3-2-4-11(23)7-10/h3,5-8,18,31,33-35H,2,4H2,1H3,(H2,26,27)(H,28,32). The first-order valence-electron chi connectivity index (χ1n) is 10.2. The van der Waals surface area contributed by atoms with Gasteiger partial charge in [0.2, 0.25) is 5.82 Å². The van der Waals surface area contributed by atoms with Gasteiger partial charge in [0.1, 0.15) is 22.9 Å². The van der Waals surface area contributed by atoms with E-state index in [-0.39, 0.29) is 41.1 Å². The molecule has 0 saturated heterocycles. The van der Waals surface area contributed by atoms with E-state index in [4.69, 9.17) is 5.73 Å². The van der Waals surface area contributed by atoms with Gasteiger partial charge in [0.05, 0.1) is 5.69 Å². The number of carbonyl (C=O) groups excluding carboxylic acids is 1. The first-order chi connectivity index (χ1) is 16.4. The predicted molar refractivity (Wildman–Crippen MR) is 117 cm³/mol. The van der Waals surface area contributed by atoms with E-state index in [0.717, 1.165) is 22.6 Å². The highest BCUT2D eigenvalue weighted by atomic mass is 19.2. The van der Waals surface area contributed by atoms with Crippen LogP contribution in [0.3, 0.4) is 0 Å². The van der Waals surface area contributed by atoms with Crippen LogP contribution in [0, 0.1) is 18.6 Å². The van der Waals surface area contributed by atoms with Gasteiger partial charge >= 0.3 is 5.97 Å². The molecule has 2 heterocycles. The number of aliphatic hydroxyl groups is 4. The second kappa shape index (κ2) is 8.78. The van der Waals surface area contributed by atoms with Crippen LogP contribution in [0.5, 0.6) is 0 Å². The summed E-state index contributed by atoms with van der Waals surface area (Å²) in [4.78, 5) is 20.1. The monoisotopic (exact) mass is 491 g/mol. The van der Waals surface area contributed by atoms with Gasteiger partial charge in [0.25, 0.3) is 5.91 Å². The van der Waals surface area contributed by atoms with Crippen LogP contribution in [0.15, 0.2) is 41.9 Å². The quantitative estimate of drug-likeness (QED) is 0.292. The maximum absolute atomic E-state index is 15.1. The summed E-state index contributed by atoms with van der Waals surface area (Å²) >= 11 is 0. The Hall–Kier alpha value is -3.78. The van der Waals surface area contributed by atoms with E-state index >= 15 is 4.39 Å². The number of rotatable bonds is 5. The number of imidazole rings is 1. The summed E-state index contributed by atoms with van der Waals surface area (Å²) in [5.41, 5.74) is 4.48. The van der Waals surface area contributed by atoms with Crippen molar-refractivity contribution >= 4 is 22.9 Å². The minimum Gasteiger partial charge on any atom is -0.382 e. The van der Waals surface area contributed by atoms with Gasteiger partial charge in [0.15, 0.2) is 17.7 Å². The molecule has 0 aliphatic heterocycles. The van der Waals surface area contributed by atoms with Crippen molar-refractivity contribution in [3.05, 3.63) is 65.0 Å². The number of hydrogen-bond donors (Lipinski definition) is 6. The number of allylic oxidation sites excluding steroid dienone is 2. The summed E-state index contributed by atoms with van der Waals surface area (Å²) < 4.78 is 44.5. The Balaban J connectivity index is 1.74. The lowest BCUT2D eigenvalue weighted by molar-refractivity contribution is -0.329. The maximum atomic E-state index is 15.1. The zero-order valence-electron chi connectivity index (χ0n) is 18.1. The summed E-state index contributed by atoms with van der Waals surface area (Å²) in [6.07, 6.45) is 2.29. The molecule has 2 aromatic heterocycles. The molecule has 3 aromatic rings. The molecule has 1 aliphatic carbocycles. The highest BCUT2D eigenvalue weighted by molar-refractivity contribution is 5.97. The Kier molecular flexibility index (Phi) is 6.11. The summed E-state index contributed by atoms with van der Waals surface area (Å²) in [5, 5.41) is 41.3. The first-order valence-corrected chi connectivity index (χ1v) is 10.2. The molecule has 13 heteroatoms. The molecular formula is C22H20F3N5O5. The van der Waals surface area contributed by atoms with Crippen LogP contribution in [-0.2, 0) is 10.8 Å². The number of aromatic nitrogens is 3. The third-order valence-electron chi connectivity index (χ3n) is 5.41. The van der Waals surface area contributed by atoms with Crippen molar-refractivity contribution in [2.75, 3.05) is 11.1 Å². The number of benzene rings is 1. The average molecular weight is 491 g/mol. The number of amides is 1. The molecule has 1 aliphatic rings. The third-order valence-corrected chi connectivity index (χ3v) is 5.41. The van der Waals surface area contributed by atoms with E-state index in [1.165, 1.54) is 19.2 Å². The Labute approximate surface area is 195 Å². The number of nitrogens with two attached hydrogens (primary N) is 1. The fraction of sp³-hybridized carbons (Fsp3) is 0.227. The molecule has 7 N–H and O–H groups in total. The molecule has 1 atom stereocenters. The lowest BCUT2D eigenvalue weighted by Crippen LogP contribution is -2.30. The second-order valence-corrected chi connectivity index (χ2v) is 7.90. The van der Waals surface area contributed by atoms with Crippen LogP contribution >= 0.6 is 0 Å². The Bertz CT molecular complexity index is 1410. The van der Waals surface area contributed by atoms with Gasteiger partial charge in [-0.2, -0.15) is 0 Å². The molecule has 1 amide bonds. The number of anilines is 2. The van der Waals surface area contributed by atoms with Gasteiger partial charge in [-0.15, -0.1) is 0 Å². The van der Waals surface area contributed by atoms with E-state index in [0.29, 0.717) is 0 Å². The predicted octanol–water partition coefficient (Wildman–Crippen LogP) is 1.53. The fourth-order valence-corrected chi connectivity index (χ4v) is 3.76. The van der Waals surface area contributed by atoms with Gasteiger partial charge in [-0.05, 0) is 37.1 Å². The molecule has 0 bridgehead atoms. The Morgan fingerprint density at radius 3 is 2.60 bits per heavy atom. The number of aliphatic hydroxyl groups excluding tert-OH is 1. The van der Waals surface area contributed by atoms with Crippen LogP contribution in [0.2, 0.25) is 0 Å². The third kappa shape index (κ3) is 4.37. The average Bonchev–Trinajstić information content (AvgIpc) is 3.21. The van der Waals surface area contributed by atoms with Crippen molar-refractivity contribution in [2.24, 2.45) is 0 Å². The number of aryl methyl sites for hydroxylation is 1. The minimum atomic E-state index is -3.44. The molecule has 1 unspecified atom stereocenters. The van der Waals surface area contributed by atoms with E-state index < -0.39 is 52.5 Å². The molecule has 184 valence electrons. The Morgan fingerprint density at radius 2 is 1.94 bits per heavy atom. The van der Waals surface area contributed by atoms with Crippen LogP contribution < -0.4 is 11.1 Å². The highest BCUT2D eigenvalue weighted by Crippen LogP contribution is 2.35. The van der Waals surface area contributed by atoms with Gasteiger partial charge in [-0.1, -0.05) is 6.08 Å². The van der Waals surface area contributed by atoms with Gasteiger partial charge in [-0.3, -0.25) is 9.20 Å². The lowest BCUT2D eigenvalue weighted by atomic mass is 10.0. The van der Waals surface area contributed by atoms with Crippen LogP contribution in [0.1, 0.15) is 24.4 Å². The molecule has 35 heavy (non-hydrogen) atoms. The van der Waals surface area contributed by atoms with Crippen molar-refractivity contribution in [2.45, 2.75) is 31.8 Å². The zero-order chi connectivity index (χ0) is 25.7. The van der Waals surface area contributed by atoms with Crippen LogP contribution in [-0.4, -0.2) is 46.8 Å². The number of carbonyl (C=O) groups is 1. The summed E-state index contributed by atoms with van der Waals surface area (Å²) in [7, 11) is 0. The molecular weight excluding hydrogens is 471 g/mol. The normalized spacial score (nSPS) is 15.1. The second-order valence-electron chi connectivity index (χ2n) is 7.90. The largest absolute Gasteiger partial charge is 0.382 e. The topological polar surface area (TPSA) is 166 Å². The maximum Gasteiger partial charge on any atom is 0.339 e. The SMILES string of the molecule is Cc1cnc(N)c2c(-c3ccc(NC(=O)C(O)C4=CCCC(F)=C4)c(F)c3F)nc(C(O)(O)O)n12. The fourth-order valence-electron chi connectivity index (χ4n) is 3.76. The summed E-state index contributed by atoms with van der Waals surface area (Å²) in [6, 6.07) is 2.01. The molecule has 0 radical (unpaired) electrons. The molecule has 0 spiro atoms. The van der Waals surface area contributed by atoms with Crippen LogP contribution in [0.25, 0.3) is 16.8 Å². The van der Waals surface area contributed by atoms with Crippen molar-refractivity contribution in [1.82, 2.24) is 14.4 Å². The number of nitrogen functional groups attached to an aromatic ring is 1. The number of hydrogen-bond acceptors (Lipinski definition) is 8. The molecule has 10 nitrogen and oxygen atoms in total. The molecule has 0 fully saturated rings. The zero-order valence-corrected chi connectivity index (χ0v) is 18.1. The van der Waals surface area contributed by atoms with E-state index in [2.05, 4.69) is 9.97 Å². The minimum absolute atomic E-state index is 0.0143. The van der Waals surface area contributed by atoms with Gasteiger partial charge in [0, 0.05) is 23.9 Å². The molecule has 1 aromatic carbocycles. The molecule has 0 saturated carbocycles. The number of nitrogens with zero attached hydrogens (tertiary/aromatic N) is 3. The van der Waals surface area contributed by atoms with Crippen molar-refractivity contribution in [3.8, 4) is 11.3 Å². The smallest absolute Gasteiger partial charge is 0.339 e. The number of fused-ring (bicyclic) bond motifs is 1. The number of halogens is 3. The van der Waals surface area contributed by atoms with Crippen LogP contribution in [0.4, 0.5) is 24.7 Å². The first kappa shape index (κ1) is 24.3. The van der Waals surface area contributed by atoms with E-state index in [1.54, 1.807) is 0 Å². The highest BCUT2D eigenvalue weighted by Gasteiger charge is 2.33. The van der Waals surface area contributed by atoms with Gasteiger partial charge in [-0.25, -0.2) is 23.1 Å². The van der Waals surface area contributed by atoms with E-state index in [1.807, 2.05) is 5.32 Å². The van der Waals surface area contributed by atoms with Crippen molar-refractivity contribution < 1.29 is 38.4 Å². The lowest BCUT2D eigenvalue weighted by Gasteiger charge is -2.16. The Morgan fingerprint density at radius 1 is 1.23 bits per heavy atom. The number of nitrogens with one attached hydrogen (secondary N) is 1. The van der Waals surface area contributed by atoms with Gasteiger partial charge < -0.3 is 31.5 Å². The van der Waals surface area contributed by atoms with Crippen molar-refractivity contribution in [3.63, 3.8) is 0 Å². The summed E-state index contributed by atoms with van der Waals surface area (Å²) in [6.45, 7) is 1.48. The molecule has 4 rings (SSSR count). The van der Waals surface area contributed by atoms with Crippen molar-refractivity contribution in [1.29, 1.82) is 0 Å². The summed E-state index contributed by atoms with van der Waals surface area (Å²) in [5.74, 6) is -9.06.